The van der Waals surface area contributed by atoms with Crippen LogP contribution in [0.2, 0.25) is 0 Å². The van der Waals surface area contributed by atoms with Crippen LogP contribution < -0.4 is 0 Å². The summed E-state index contributed by atoms with van der Waals surface area (Å²) < 4.78 is 4.57. The molecule has 0 spiro atoms. The number of ketones is 2. The quantitative estimate of drug-likeness (QED) is 0.429. The Balaban J connectivity index is 2.61. The first-order valence-corrected chi connectivity index (χ1v) is 5.99. The molecule has 0 unspecified atom stereocenters. The van der Waals surface area contributed by atoms with Crippen LogP contribution in [0.25, 0.3) is 0 Å². The van der Waals surface area contributed by atoms with Crippen molar-refractivity contribution in [3.8, 4) is 0 Å². The third-order valence-corrected chi connectivity index (χ3v) is 3.16. The number of carbonyl (C=O) groups is 3. The van der Waals surface area contributed by atoms with Gasteiger partial charge >= 0.3 is 5.97 Å². The van der Waals surface area contributed by atoms with Crippen LogP contribution in [0.5, 0.6) is 0 Å². The predicted molar refractivity (Wildman–Crippen MR) is 69.2 cm³/mol. The number of rotatable bonds is 2. The van der Waals surface area contributed by atoms with Crippen molar-refractivity contribution in [3.05, 3.63) is 46.6 Å². The van der Waals surface area contributed by atoms with Gasteiger partial charge in [0, 0.05) is 11.1 Å². The first-order valence-electron chi connectivity index (χ1n) is 5.99. The van der Waals surface area contributed by atoms with Gasteiger partial charge in [-0.25, -0.2) is 4.79 Å². The van der Waals surface area contributed by atoms with Gasteiger partial charge in [-0.05, 0) is 17.6 Å². The second-order valence-corrected chi connectivity index (χ2v) is 4.68. The molecule has 2 rings (SSSR count). The Morgan fingerprint density at radius 3 is 2.47 bits per heavy atom. The molecule has 0 aliphatic heterocycles. The van der Waals surface area contributed by atoms with Crippen LogP contribution in [-0.2, 0) is 19.1 Å². The monoisotopic (exact) mass is 258 g/mol. The van der Waals surface area contributed by atoms with Crippen molar-refractivity contribution in [2.75, 3.05) is 7.11 Å². The van der Waals surface area contributed by atoms with Crippen molar-refractivity contribution in [2.24, 2.45) is 5.92 Å². The van der Waals surface area contributed by atoms with Crippen LogP contribution in [0.4, 0.5) is 0 Å². The molecule has 0 saturated heterocycles. The SMILES string of the molecule is COC(=O)C1=C2C=CC=C(C(C)C)C=C2C(=O)C1=O. The lowest BCUT2D eigenvalue weighted by atomic mass is 9.99. The van der Waals surface area contributed by atoms with E-state index in [1.807, 2.05) is 19.9 Å². The molecule has 2 aliphatic rings. The zero-order valence-electron chi connectivity index (χ0n) is 11.0. The lowest BCUT2D eigenvalue weighted by molar-refractivity contribution is -0.139. The summed E-state index contributed by atoms with van der Waals surface area (Å²) in [6.45, 7) is 3.99. The number of hydrogen-bond donors (Lipinski definition) is 0. The highest BCUT2D eigenvalue weighted by Crippen LogP contribution is 2.32. The van der Waals surface area contributed by atoms with Gasteiger partial charge in [-0.2, -0.15) is 0 Å². The molecule has 4 nitrogen and oxygen atoms in total. The Labute approximate surface area is 111 Å². The van der Waals surface area contributed by atoms with E-state index < -0.39 is 17.5 Å². The van der Waals surface area contributed by atoms with E-state index in [1.54, 1.807) is 18.2 Å². The smallest absolute Gasteiger partial charge is 0.342 e. The highest BCUT2D eigenvalue weighted by molar-refractivity contribution is 6.58. The topological polar surface area (TPSA) is 60.4 Å². The summed E-state index contributed by atoms with van der Waals surface area (Å²) in [4.78, 5) is 35.4. The van der Waals surface area contributed by atoms with Gasteiger partial charge in [-0.1, -0.05) is 32.1 Å². The van der Waals surface area contributed by atoms with Crippen molar-refractivity contribution in [2.45, 2.75) is 13.8 Å². The molecule has 0 heterocycles. The summed E-state index contributed by atoms with van der Waals surface area (Å²) in [5.41, 5.74) is 1.40. The summed E-state index contributed by atoms with van der Waals surface area (Å²) in [5, 5.41) is 0. The molecule has 0 aromatic heterocycles. The molecular formula is C15H14O4. The van der Waals surface area contributed by atoms with Crippen LogP contribution in [0.3, 0.4) is 0 Å². The fourth-order valence-corrected chi connectivity index (χ4v) is 2.07. The van der Waals surface area contributed by atoms with Crippen LogP contribution >= 0.6 is 0 Å². The van der Waals surface area contributed by atoms with E-state index in [2.05, 4.69) is 4.74 Å². The molecule has 0 fully saturated rings. The van der Waals surface area contributed by atoms with E-state index in [1.165, 1.54) is 7.11 Å². The molecule has 4 heteroatoms. The number of Topliss-reactive ketones (excluding diaryl/α,β-unsaturated/α-hetero) is 2. The van der Waals surface area contributed by atoms with E-state index in [0.717, 1.165) is 5.57 Å². The second kappa shape index (κ2) is 4.80. The third kappa shape index (κ3) is 2.10. The minimum atomic E-state index is -0.789. The Hall–Kier alpha value is -2.23. The van der Waals surface area contributed by atoms with Crippen molar-refractivity contribution in [1.82, 2.24) is 0 Å². The molecule has 0 aromatic carbocycles. The first-order chi connectivity index (χ1) is 8.97. The fraction of sp³-hybridized carbons (Fsp3) is 0.267. The molecule has 0 saturated carbocycles. The maximum Gasteiger partial charge on any atom is 0.342 e. The van der Waals surface area contributed by atoms with Gasteiger partial charge in [-0.15, -0.1) is 0 Å². The van der Waals surface area contributed by atoms with Crippen molar-refractivity contribution < 1.29 is 19.1 Å². The van der Waals surface area contributed by atoms with Gasteiger partial charge in [-0.3, -0.25) is 9.59 Å². The van der Waals surface area contributed by atoms with Crippen LogP contribution in [0, 0.1) is 5.92 Å². The predicted octanol–water partition coefficient (Wildman–Crippen LogP) is 1.69. The number of esters is 1. The number of hydrogen-bond acceptors (Lipinski definition) is 4. The zero-order chi connectivity index (χ0) is 14.2. The Morgan fingerprint density at radius 2 is 1.89 bits per heavy atom. The minimum Gasteiger partial charge on any atom is -0.465 e. The van der Waals surface area contributed by atoms with Gasteiger partial charge in [0.05, 0.1) is 7.11 Å². The van der Waals surface area contributed by atoms with E-state index in [9.17, 15) is 14.4 Å². The Morgan fingerprint density at radius 1 is 1.21 bits per heavy atom. The number of fused-ring (bicyclic) bond motifs is 1. The minimum absolute atomic E-state index is 0.173. The third-order valence-electron chi connectivity index (χ3n) is 3.16. The van der Waals surface area contributed by atoms with Gasteiger partial charge in [0.15, 0.2) is 0 Å². The fourth-order valence-electron chi connectivity index (χ4n) is 2.07. The molecule has 19 heavy (non-hydrogen) atoms. The highest BCUT2D eigenvalue weighted by Gasteiger charge is 2.39. The standard InChI is InChI=1S/C15H14O4/c1-8(2)9-5-4-6-10-11(7-9)13(16)14(17)12(10)15(18)19-3/h4-8H,1-3H3. The molecule has 0 atom stereocenters. The molecule has 0 bridgehead atoms. The molecule has 0 radical (unpaired) electrons. The maximum atomic E-state index is 12.0. The van der Waals surface area contributed by atoms with E-state index in [4.69, 9.17) is 0 Å². The average Bonchev–Trinajstić information content (AvgIpc) is 2.57. The average molecular weight is 258 g/mol. The lowest BCUT2D eigenvalue weighted by Gasteiger charge is -2.05. The molecule has 0 amide bonds. The summed E-state index contributed by atoms with van der Waals surface area (Å²) in [7, 11) is 1.19. The Kier molecular flexibility index (Phi) is 3.34. The molecular weight excluding hydrogens is 244 g/mol. The van der Waals surface area contributed by atoms with Crippen LogP contribution in [-0.4, -0.2) is 24.6 Å². The summed E-state index contributed by atoms with van der Waals surface area (Å²) >= 11 is 0. The number of allylic oxidation sites excluding steroid dienone is 7. The van der Waals surface area contributed by atoms with Gasteiger partial charge < -0.3 is 4.74 Å². The van der Waals surface area contributed by atoms with Gasteiger partial charge in [0.25, 0.3) is 0 Å². The van der Waals surface area contributed by atoms with Crippen molar-refractivity contribution >= 4 is 17.5 Å². The number of methoxy groups -OCH3 is 1. The normalized spacial score (nSPS) is 18.3. The van der Waals surface area contributed by atoms with Crippen molar-refractivity contribution in [1.29, 1.82) is 0 Å². The van der Waals surface area contributed by atoms with E-state index in [0.29, 0.717) is 5.57 Å². The first kappa shape index (κ1) is 13.2. The maximum absolute atomic E-state index is 12.0. The molecule has 2 aliphatic carbocycles. The zero-order valence-corrected chi connectivity index (χ0v) is 11.0. The Bertz CT molecular complexity index is 598. The summed E-state index contributed by atoms with van der Waals surface area (Å²) in [6, 6.07) is 0. The lowest BCUT2D eigenvalue weighted by Crippen LogP contribution is -2.17. The molecule has 0 aromatic rings. The van der Waals surface area contributed by atoms with E-state index >= 15 is 0 Å². The summed E-state index contributed by atoms with van der Waals surface area (Å²) in [6.07, 6.45) is 6.89. The largest absolute Gasteiger partial charge is 0.465 e. The summed E-state index contributed by atoms with van der Waals surface area (Å²) in [5.74, 6) is -1.98. The number of carbonyl (C=O) groups excluding carboxylic acids is 3. The van der Waals surface area contributed by atoms with Crippen LogP contribution in [0.15, 0.2) is 46.6 Å². The molecule has 98 valence electrons. The number of ether oxygens (including phenoxy) is 1. The van der Waals surface area contributed by atoms with Gasteiger partial charge in [0.2, 0.25) is 11.6 Å². The van der Waals surface area contributed by atoms with Crippen molar-refractivity contribution in [3.63, 3.8) is 0 Å². The molecule has 0 N–H and O–H groups in total. The second-order valence-electron chi connectivity index (χ2n) is 4.68. The van der Waals surface area contributed by atoms with E-state index in [-0.39, 0.29) is 17.1 Å². The van der Waals surface area contributed by atoms with Crippen LogP contribution in [0.1, 0.15) is 13.8 Å². The van der Waals surface area contributed by atoms with Gasteiger partial charge in [0.1, 0.15) is 5.57 Å². The highest BCUT2D eigenvalue weighted by atomic mass is 16.5.